The van der Waals surface area contributed by atoms with Crippen molar-refractivity contribution in [1.29, 1.82) is 0 Å². The molecule has 0 spiro atoms. The minimum absolute atomic E-state index is 0.146. The van der Waals surface area contributed by atoms with Gasteiger partial charge in [-0.2, -0.15) is 5.10 Å². The van der Waals surface area contributed by atoms with Gasteiger partial charge in [-0.05, 0) is 19.8 Å². The van der Waals surface area contributed by atoms with E-state index in [-0.39, 0.29) is 11.9 Å². The zero-order valence-electron chi connectivity index (χ0n) is 8.26. The van der Waals surface area contributed by atoms with Crippen molar-refractivity contribution >= 4 is 5.91 Å². The quantitative estimate of drug-likeness (QED) is 0.687. The third-order valence-corrected chi connectivity index (χ3v) is 2.61. The van der Waals surface area contributed by atoms with E-state index in [0.29, 0.717) is 0 Å². The van der Waals surface area contributed by atoms with Crippen LogP contribution >= 0.6 is 0 Å². The van der Waals surface area contributed by atoms with Gasteiger partial charge in [0, 0.05) is 13.1 Å². The first kappa shape index (κ1) is 9.18. The Kier molecular flexibility index (Phi) is 2.47. The van der Waals surface area contributed by atoms with Crippen LogP contribution in [-0.2, 0) is 4.79 Å². The maximum absolute atomic E-state index is 11.9. The van der Waals surface area contributed by atoms with Gasteiger partial charge >= 0.3 is 0 Å². The second-order valence-corrected chi connectivity index (χ2v) is 3.58. The second-order valence-electron chi connectivity index (χ2n) is 3.58. The molecule has 0 saturated carbocycles. The van der Waals surface area contributed by atoms with Crippen LogP contribution in [0.3, 0.4) is 0 Å². The highest BCUT2D eigenvalue weighted by atomic mass is 16.2. The number of hydrogen-bond donors (Lipinski definition) is 0. The molecule has 2 rings (SSSR count). The van der Waals surface area contributed by atoms with Gasteiger partial charge in [-0.1, -0.05) is 0 Å². The molecule has 1 aromatic heterocycles. The van der Waals surface area contributed by atoms with Crippen molar-refractivity contribution in [2.24, 2.45) is 0 Å². The van der Waals surface area contributed by atoms with E-state index < -0.39 is 0 Å². The maximum atomic E-state index is 11.9. The highest BCUT2D eigenvalue weighted by Crippen LogP contribution is 2.14. The van der Waals surface area contributed by atoms with Crippen LogP contribution in [0.25, 0.3) is 0 Å². The van der Waals surface area contributed by atoms with Crippen molar-refractivity contribution in [2.75, 3.05) is 13.1 Å². The summed E-state index contributed by atoms with van der Waals surface area (Å²) in [7, 11) is 0. The monoisotopic (exact) mass is 194 g/mol. The second kappa shape index (κ2) is 3.77. The lowest BCUT2D eigenvalue weighted by molar-refractivity contribution is -0.133. The molecule has 1 unspecified atom stereocenters. The van der Waals surface area contributed by atoms with Gasteiger partial charge in [0.15, 0.2) is 0 Å². The van der Waals surface area contributed by atoms with Gasteiger partial charge in [-0.3, -0.25) is 4.79 Å². The Bertz CT molecular complexity index is 303. The third kappa shape index (κ3) is 1.62. The van der Waals surface area contributed by atoms with Crippen LogP contribution in [0.1, 0.15) is 25.8 Å². The lowest BCUT2D eigenvalue weighted by atomic mass is 10.3. The number of nitrogens with zero attached hydrogens (tertiary/aromatic N) is 4. The fraction of sp³-hybridized carbons (Fsp3) is 0.667. The van der Waals surface area contributed by atoms with Crippen molar-refractivity contribution in [1.82, 2.24) is 19.7 Å². The molecule has 0 aliphatic carbocycles. The smallest absolute Gasteiger partial charge is 0.247 e. The topological polar surface area (TPSA) is 51.0 Å². The van der Waals surface area contributed by atoms with Gasteiger partial charge < -0.3 is 4.90 Å². The lowest BCUT2D eigenvalue weighted by Crippen LogP contribution is -2.34. The molecule has 1 fully saturated rings. The summed E-state index contributed by atoms with van der Waals surface area (Å²) in [6.07, 6.45) is 5.28. The van der Waals surface area contributed by atoms with Gasteiger partial charge in [-0.15, -0.1) is 0 Å². The molecule has 0 N–H and O–H groups in total. The highest BCUT2D eigenvalue weighted by molar-refractivity contribution is 5.80. The molecule has 76 valence electrons. The van der Waals surface area contributed by atoms with Crippen molar-refractivity contribution in [3.8, 4) is 0 Å². The summed E-state index contributed by atoms with van der Waals surface area (Å²) < 4.78 is 1.60. The van der Waals surface area contributed by atoms with Gasteiger partial charge in [0.05, 0.1) is 0 Å². The first-order valence-corrected chi connectivity index (χ1v) is 4.92. The van der Waals surface area contributed by atoms with Crippen LogP contribution < -0.4 is 0 Å². The van der Waals surface area contributed by atoms with Gasteiger partial charge in [0.1, 0.15) is 18.7 Å². The number of hydrogen-bond acceptors (Lipinski definition) is 3. The molecule has 1 amide bonds. The summed E-state index contributed by atoms with van der Waals surface area (Å²) in [4.78, 5) is 17.6. The Morgan fingerprint density at radius 2 is 2.14 bits per heavy atom. The van der Waals surface area contributed by atoms with Crippen LogP contribution in [0.15, 0.2) is 12.7 Å². The fourth-order valence-electron chi connectivity index (χ4n) is 1.73. The molecule has 0 radical (unpaired) electrons. The molecule has 5 heteroatoms. The van der Waals surface area contributed by atoms with Crippen LogP contribution in [-0.4, -0.2) is 38.7 Å². The van der Waals surface area contributed by atoms with E-state index in [0.717, 1.165) is 25.9 Å². The zero-order valence-corrected chi connectivity index (χ0v) is 8.26. The average molecular weight is 194 g/mol. The molecule has 0 aromatic carbocycles. The van der Waals surface area contributed by atoms with Crippen molar-refractivity contribution in [2.45, 2.75) is 25.8 Å². The molecule has 1 aromatic rings. The highest BCUT2D eigenvalue weighted by Gasteiger charge is 2.24. The molecule has 5 nitrogen and oxygen atoms in total. The Labute approximate surface area is 82.7 Å². The summed E-state index contributed by atoms with van der Waals surface area (Å²) >= 11 is 0. The number of rotatable bonds is 2. The van der Waals surface area contributed by atoms with Crippen molar-refractivity contribution in [3.63, 3.8) is 0 Å². The summed E-state index contributed by atoms with van der Waals surface area (Å²) in [5.41, 5.74) is 0. The summed E-state index contributed by atoms with van der Waals surface area (Å²) in [5.74, 6) is 0.146. The zero-order chi connectivity index (χ0) is 9.97. The van der Waals surface area contributed by atoms with Crippen LogP contribution in [0.2, 0.25) is 0 Å². The largest absolute Gasteiger partial charge is 0.341 e. The summed E-state index contributed by atoms with van der Waals surface area (Å²) in [5, 5.41) is 3.97. The SMILES string of the molecule is CC(C(=O)N1CCCC1)n1cncn1. The molecule has 14 heavy (non-hydrogen) atoms. The predicted octanol–water partition coefficient (Wildman–Crippen LogP) is 0.462. The van der Waals surface area contributed by atoms with Crippen molar-refractivity contribution < 1.29 is 4.79 Å². The molecule has 1 saturated heterocycles. The third-order valence-electron chi connectivity index (χ3n) is 2.61. The number of aromatic nitrogens is 3. The lowest BCUT2D eigenvalue weighted by Gasteiger charge is -2.19. The Balaban J connectivity index is 2.04. The number of carbonyl (C=O) groups excluding carboxylic acids is 1. The van der Waals surface area contributed by atoms with Crippen molar-refractivity contribution in [3.05, 3.63) is 12.7 Å². The Morgan fingerprint density at radius 1 is 1.43 bits per heavy atom. The van der Waals surface area contributed by atoms with Gasteiger partial charge in [0.25, 0.3) is 0 Å². The minimum atomic E-state index is -0.226. The number of likely N-dealkylation sites (tertiary alicyclic amines) is 1. The normalized spacial score (nSPS) is 18.5. The molecule has 1 atom stereocenters. The average Bonchev–Trinajstić information content (AvgIpc) is 2.87. The summed E-state index contributed by atoms with van der Waals surface area (Å²) in [6.45, 7) is 3.63. The van der Waals surface area contributed by atoms with E-state index in [1.165, 1.54) is 6.33 Å². The van der Waals surface area contributed by atoms with E-state index in [9.17, 15) is 4.79 Å². The molecule has 0 bridgehead atoms. The van der Waals surface area contributed by atoms with Gasteiger partial charge in [-0.25, -0.2) is 9.67 Å². The predicted molar refractivity (Wildman–Crippen MR) is 50.5 cm³/mol. The van der Waals surface area contributed by atoms with E-state index in [4.69, 9.17) is 0 Å². The number of amides is 1. The van der Waals surface area contributed by atoms with Crippen LogP contribution in [0, 0.1) is 0 Å². The first-order valence-electron chi connectivity index (χ1n) is 4.92. The van der Waals surface area contributed by atoms with Crippen LogP contribution in [0.4, 0.5) is 0 Å². The van der Waals surface area contributed by atoms with E-state index in [2.05, 4.69) is 10.1 Å². The van der Waals surface area contributed by atoms with Gasteiger partial charge in [0.2, 0.25) is 5.91 Å². The van der Waals surface area contributed by atoms with Crippen LogP contribution in [0.5, 0.6) is 0 Å². The minimum Gasteiger partial charge on any atom is -0.341 e. The van der Waals surface area contributed by atoms with E-state index >= 15 is 0 Å². The maximum Gasteiger partial charge on any atom is 0.247 e. The Morgan fingerprint density at radius 3 is 2.71 bits per heavy atom. The molecule has 2 heterocycles. The molecule has 1 aliphatic rings. The van der Waals surface area contributed by atoms with E-state index in [1.54, 1.807) is 11.0 Å². The molecular formula is C9H14N4O. The fourth-order valence-corrected chi connectivity index (χ4v) is 1.73. The number of carbonyl (C=O) groups is 1. The van der Waals surface area contributed by atoms with E-state index in [1.807, 2.05) is 11.8 Å². The Hall–Kier alpha value is -1.39. The first-order chi connectivity index (χ1) is 6.79. The summed E-state index contributed by atoms with van der Waals surface area (Å²) in [6, 6.07) is -0.226. The standard InChI is InChI=1S/C9H14N4O/c1-8(13-7-10-6-11-13)9(14)12-4-2-3-5-12/h6-8H,2-5H2,1H3. The molecule has 1 aliphatic heterocycles. The molecular weight excluding hydrogens is 180 g/mol.